The Morgan fingerprint density at radius 2 is 1.60 bits per heavy atom. The molecule has 0 spiro atoms. The Labute approximate surface area is 219 Å². The van der Waals surface area contributed by atoms with Gasteiger partial charge in [0.05, 0.1) is 30.4 Å². The van der Waals surface area contributed by atoms with Gasteiger partial charge in [0.1, 0.15) is 0 Å². The smallest absolute Gasteiger partial charge is 0.338 e. The molecule has 1 aliphatic heterocycles. The van der Waals surface area contributed by atoms with Crippen molar-refractivity contribution in [3.8, 4) is 0 Å². The third kappa shape index (κ3) is 5.16. The fourth-order valence-electron chi connectivity index (χ4n) is 5.22. The minimum Gasteiger partial charge on any atom is -0.462 e. The number of rotatable bonds is 9. The molecule has 1 aromatic carbocycles. The van der Waals surface area contributed by atoms with Gasteiger partial charge in [-0.3, -0.25) is 24.1 Å². The van der Waals surface area contributed by atoms with Crippen molar-refractivity contribution in [3.63, 3.8) is 0 Å². The third-order valence-corrected chi connectivity index (χ3v) is 10.0. The highest BCUT2D eigenvalue weighted by atomic mass is 79.9. The highest BCUT2D eigenvalue weighted by Gasteiger charge is 2.66. The Balaban J connectivity index is 1.21. The summed E-state index contributed by atoms with van der Waals surface area (Å²) in [5.74, 6) is -2.53. The Hall–Kier alpha value is -2.27. The van der Waals surface area contributed by atoms with Gasteiger partial charge in [0.25, 0.3) is 5.91 Å². The summed E-state index contributed by atoms with van der Waals surface area (Å²) in [5, 5.41) is 2.57. The molecule has 3 aliphatic rings. The van der Waals surface area contributed by atoms with Crippen LogP contribution in [0.4, 0.5) is 5.69 Å². The van der Waals surface area contributed by atoms with Crippen LogP contribution in [-0.2, 0) is 28.7 Å². The normalized spacial score (nSPS) is 28.7. The van der Waals surface area contributed by atoms with E-state index in [1.807, 2.05) is 6.92 Å². The monoisotopic (exact) mass is 612 g/mol. The predicted molar refractivity (Wildman–Crippen MR) is 132 cm³/mol. The molecule has 0 radical (unpaired) electrons. The Morgan fingerprint density at radius 1 is 1.00 bits per heavy atom. The number of benzene rings is 1. The van der Waals surface area contributed by atoms with E-state index in [1.54, 1.807) is 12.1 Å². The summed E-state index contributed by atoms with van der Waals surface area (Å²) >= 11 is 7.28. The van der Waals surface area contributed by atoms with E-state index in [2.05, 4.69) is 37.2 Å². The maximum atomic E-state index is 12.9. The summed E-state index contributed by atoms with van der Waals surface area (Å²) in [5.41, 5.74) is 0.798. The van der Waals surface area contributed by atoms with Gasteiger partial charge >= 0.3 is 11.9 Å². The van der Waals surface area contributed by atoms with Crippen molar-refractivity contribution >= 4 is 67.2 Å². The summed E-state index contributed by atoms with van der Waals surface area (Å²) in [6.07, 6.45) is 1.39. The van der Waals surface area contributed by atoms with Crippen LogP contribution >= 0.6 is 31.9 Å². The molecule has 1 aromatic rings. The number of alkyl halides is 2. The molecule has 9 nitrogen and oxygen atoms in total. The standard InChI is InChI=1S/C24H26Br2N2O7/c1-2-9-34-24(33)12-3-5-13(6-4-12)27-16(29)11-35-17(30)7-8-28-22(31)18-14-10-15(19(18)23(28)32)21(26)20(14)25/h3-6,14-15,18-21H,2,7-11H2,1H3,(H,27,29)/t14-,15-,18-,19-,20+,21+/m1/s1. The number of nitrogens with zero attached hydrogens (tertiary/aromatic N) is 1. The molecule has 0 unspecified atom stereocenters. The molecule has 188 valence electrons. The molecule has 2 aliphatic carbocycles. The van der Waals surface area contributed by atoms with Gasteiger partial charge in [-0.15, -0.1) is 0 Å². The van der Waals surface area contributed by atoms with Crippen molar-refractivity contribution in [3.05, 3.63) is 29.8 Å². The van der Waals surface area contributed by atoms with Crippen LogP contribution in [0.25, 0.3) is 0 Å². The van der Waals surface area contributed by atoms with E-state index in [1.165, 1.54) is 17.0 Å². The number of likely N-dealkylation sites (tertiary alicyclic amines) is 1. The lowest BCUT2D eigenvalue weighted by Gasteiger charge is -2.28. The highest BCUT2D eigenvalue weighted by molar-refractivity contribution is 9.12. The van der Waals surface area contributed by atoms with Crippen molar-refractivity contribution in [1.82, 2.24) is 4.90 Å². The van der Waals surface area contributed by atoms with Crippen molar-refractivity contribution < 1.29 is 33.4 Å². The number of anilines is 1. The molecule has 3 amide bonds. The fourth-order valence-corrected chi connectivity index (χ4v) is 7.09. The summed E-state index contributed by atoms with van der Waals surface area (Å²) in [6, 6.07) is 6.15. The number of nitrogens with one attached hydrogen (secondary N) is 1. The molecule has 35 heavy (non-hydrogen) atoms. The number of imide groups is 1. The van der Waals surface area contributed by atoms with Crippen LogP contribution in [0.3, 0.4) is 0 Å². The van der Waals surface area contributed by atoms with Gasteiger partial charge in [-0.2, -0.15) is 0 Å². The molecule has 0 aromatic heterocycles. The van der Waals surface area contributed by atoms with Gasteiger partial charge < -0.3 is 14.8 Å². The van der Waals surface area contributed by atoms with E-state index in [4.69, 9.17) is 9.47 Å². The van der Waals surface area contributed by atoms with E-state index in [0.29, 0.717) is 17.9 Å². The lowest BCUT2D eigenvalue weighted by Crippen LogP contribution is -2.37. The Kier molecular flexibility index (Phi) is 7.95. The summed E-state index contributed by atoms with van der Waals surface area (Å²) < 4.78 is 10.1. The average molecular weight is 614 g/mol. The lowest BCUT2D eigenvalue weighted by atomic mass is 9.81. The van der Waals surface area contributed by atoms with Crippen LogP contribution in [0.2, 0.25) is 0 Å². The SMILES string of the molecule is CCCOC(=O)c1ccc(NC(=O)COC(=O)CCN2C(=O)[C@@H]3[C@H]4C[C@@H]([C@H](Br)[C@H]4Br)[C@H]3C2=O)cc1. The molecule has 4 rings (SSSR count). The van der Waals surface area contributed by atoms with E-state index < -0.39 is 24.5 Å². The molecule has 2 bridgehead atoms. The minimum atomic E-state index is -0.675. The molecule has 3 fully saturated rings. The maximum absolute atomic E-state index is 12.9. The van der Waals surface area contributed by atoms with Crippen LogP contribution in [0.5, 0.6) is 0 Å². The van der Waals surface area contributed by atoms with Crippen molar-refractivity contribution in [2.75, 3.05) is 25.1 Å². The number of carbonyl (C=O) groups excluding carboxylic acids is 5. The van der Waals surface area contributed by atoms with E-state index in [9.17, 15) is 24.0 Å². The quantitative estimate of drug-likeness (QED) is 0.258. The van der Waals surface area contributed by atoms with Crippen LogP contribution < -0.4 is 5.32 Å². The molecule has 1 N–H and O–H groups in total. The number of amides is 3. The zero-order valence-electron chi connectivity index (χ0n) is 19.1. The molecule has 1 saturated heterocycles. The van der Waals surface area contributed by atoms with Crippen LogP contribution in [-0.4, -0.2) is 64.0 Å². The second kappa shape index (κ2) is 10.8. The zero-order valence-corrected chi connectivity index (χ0v) is 22.2. The Morgan fingerprint density at radius 3 is 2.17 bits per heavy atom. The minimum absolute atomic E-state index is 0.0555. The van der Waals surface area contributed by atoms with Crippen LogP contribution in [0.1, 0.15) is 36.5 Å². The van der Waals surface area contributed by atoms with E-state index in [-0.39, 0.29) is 58.1 Å². The molecular formula is C24H26Br2N2O7. The number of carbonyl (C=O) groups is 5. The van der Waals surface area contributed by atoms with Gasteiger partial charge in [0.2, 0.25) is 11.8 Å². The van der Waals surface area contributed by atoms with Gasteiger partial charge in [-0.25, -0.2) is 4.79 Å². The number of ether oxygens (including phenoxy) is 2. The van der Waals surface area contributed by atoms with Crippen LogP contribution in [0, 0.1) is 23.7 Å². The highest BCUT2D eigenvalue weighted by Crippen LogP contribution is 2.60. The van der Waals surface area contributed by atoms with Gasteiger partial charge in [0.15, 0.2) is 6.61 Å². The number of fused-ring (bicyclic) bond motifs is 5. The zero-order chi connectivity index (χ0) is 25.3. The predicted octanol–water partition coefficient (Wildman–Crippen LogP) is 2.90. The van der Waals surface area contributed by atoms with Gasteiger partial charge in [-0.1, -0.05) is 38.8 Å². The van der Waals surface area contributed by atoms with E-state index in [0.717, 1.165) is 12.8 Å². The number of halogens is 2. The molecule has 11 heteroatoms. The summed E-state index contributed by atoms with van der Waals surface area (Å²) in [7, 11) is 0. The molecular weight excluding hydrogens is 588 g/mol. The largest absolute Gasteiger partial charge is 0.462 e. The van der Waals surface area contributed by atoms with Gasteiger partial charge in [-0.05, 0) is 48.9 Å². The lowest BCUT2D eigenvalue weighted by molar-refractivity contribution is -0.149. The van der Waals surface area contributed by atoms with E-state index >= 15 is 0 Å². The fraction of sp³-hybridized carbons (Fsp3) is 0.542. The number of esters is 2. The average Bonchev–Trinajstić information content (AvgIpc) is 3.45. The Bertz CT molecular complexity index is 999. The summed E-state index contributed by atoms with van der Waals surface area (Å²) in [6.45, 7) is 1.67. The molecule has 2 saturated carbocycles. The van der Waals surface area contributed by atoms with Gasteiger partial charge in [0, 0.05) is 21.9 Å². The summed E-state index contributed by atoms with van der Waals surface area (Å²) in [4.78, 5) is 63.3. The molecule has 1 heterocycles. The first-order valence-electron chi connectivity index (χ1n) is 11.6. The first-order valence-corrected chi connectivity index (χ1v) is 13.4. The first-order chi connectivity index (χ1) is 16.7. The third-order valence-electron chi connectivity index (χ3n) is 6.82. The maximum Gasteiger partial charge on any atom is 0.338 e. The second-order valence-corrected chi connectivity index (χ2v) is 11.1. The first kappa shape index (κ1) is 25.8. The molecule has 6 atom stereocenters. The number of hydrogen-bond donors (Lipinski definition) is 1. The second-order valence-electron chi connectivity index (χ2n) is 9.00. The number of hydrogen-bond acceptors (Lipinski definition) is 7. The van der Waals surface area contributed by atoms with Crippen molar-refractivity contribution in [2.45, 2.75) is 35.8 Å². The van der Waals surface area contributed by atoms with Crippen LogP contribution in [0.15, 0.2) is 24.3 Å². The van der Waals surface area contributed by atoms with Crippen molar-refractivity contribution in [2.24, 2.45) is 23.7 Å². The topological polar surface area (TPSA) is 119 Å². The van der Waals surface area contributed by atoms with Crippen molar-refractivity contribution in [1.29, 1.82) is 0 Å².